The Bertz CT molecular complexity index is 547. The van der Waals surface area contributed by atoms with Crippen molar-refractivity contribution in [3.05, 3.63) is 40.1 Å². The van der Waals surface area contributed by atoms with Gasteiger partial charge in [-0.3, -0.25) is 10.1 Å². The second-order valence-electron chi connectivity index (χ2n) is 6.37. The Morgan fingerprint density at radius 1 is 1.24 bits per heavy atom. The molecule has 0 fully saturated rings. The van der Waals surface area contributed by atoms with Crippen LogP contribution in [0.15, 0.2) is 24.4 Å². The van der Waals surface area contributed by atoms with Gasteiger partial charge in [0.1, 0.15) is 5.75 Å². The van der Waals surface area contributed by atoms with Crippen molar-refractivity contribution >= 4 is 14.4 Å². The van der Waals surface area contributed by atoms with E-state index in [0.29, 0.717) is 17.1 Å². The maximum Gasteiger partial charge on any atom is 0.250 e. The molecule has 0 aliphatic rings. The molecular weight excluding hydrogens is 286 g/mol. The Balaban J connectivity index is 3.07. The summed E-state index contributed by atoms with van der Waals surface area (Å²) in [5.41, 5.74) is 0.700. The van der Waals surface area contributed by atoms with E-state index in [1.54, 1.807) is 25.3 Å². The van der Waals surface area contributed by atoms with Crippen LogP contribution in [0.25, 0.3) is 6.08 Å². The van der Waals surface area contributed by atoms with Crippen molar-refractivity contribution in [2.24, 2.45) is 0 Å². The van der Waals surface area contributed by atoms with Gasteiger partial charge in [0.05, 0.1) is 12.0 Å². The van der Waals surface area contributed by atoms with E-state index in [0.717, 1.165) is 6.20 Å². The molecule has 0 amide bonds. The first-order valence-corrected chi connectivity index (χ1v) is 9.66. The maximum atomic E-state index is 10.4. The molecule has 0 saturated carbocycles. The monoisotopic (exact) mass is 309 g/mol. The van der Waals surface area contributed by atoms with Gasteiger partial charge in [-0.2, -0.15) is 0 Å². The highest BCUT2D eigenvalue weighted by atomic mass is 28.4. The fourth-order valence-electron chi connectivity index (χ4n) is 1.45. The minimum Gasteiger partial charge on any atom is -0.541 e. The average Bonchev–Trinajstić information content (AvgIpc) is 2.35. The normalized spacial score (nSPS) is 12.5. The van der Waals surface area contributed by atoms with Crippen molar-refractivity contribution in [1.82, 2.24) is 0 Å². The summed E-state index contributed by atoms with van der Waals surface area (Å²) in [6, 6.07) is 5.33. The molecule has 1 aromatic carbocycles. The predicted octanol–water partition coefficient (Wildman–Crippen LogP) is 4.33. The fourth-order valence-corrected chi connectivity index (χ4v) is 2.47. The molecule has 0 spiro atoms. The summed E-state index contributed by atoms with van der Waals surface area (Å²) < 4.78 is 11.6. The molecule has 116 valence electrons. The topological polar surface area (TPSA) is 61.6 Å². The number of benzene rings is 1. The zero-order chi connectivity index (χ0) is 16.3. The van der Waals surface area contributed by atoms with Gasteiger partial charge in [-0.25, -0.2) is 0 Å². The van der Waals surface area contributed by atoms with Gasteiger partial charge in [-0.15, -0.1) is 0 Å². The zero-order valence-electron chi connectivity index (χ0n) is 13.5. The van der Waals surface area contributed by atoms with Gasteiger partial charge >= 0.3 is 0 Å². The summed E-state index contributed by atoms with van der Waals surface area (Å²) >= 11 is 0. The van der Waals surface area contributed by atoms with Crippen LogP contribution in [0.1, 0.15) is 26.3 Å². The van der Waals surface area contributed by atoms with Gasteiger partial charge in [-0.1, -0.05) is 26.8 Å². The first kappa shape index (κ1) is 17.2. The molecular formula is C15H23NO4Si. The summed E-state index contributed by atoms with van der Waals surface area (Å²) in [5.74, 6) is 1.27. The van der Waals surface area contributed by atoms with Crippen LogP contribution >= 0.6 is 0 Å². The standard InChI is InChI=1S/C15H23NO4Si/c1-15(2,3)21(5,6)20-13-8-7-12(9-10-16(17)18)11-14(13)19-4/h7-11H,1-6H3/b10-9+. The van der Waals surface area contributed by atoms with Crippen molar-refractivity contribution in [3.8, 4) is 11.5 Å². The third kappa shape index (κ3) is 4.59. The molecule has 0 N–H and O–H groups in total. The predicted molar refractivity (Wildman–Crippen MR) is 86.8 cm³/mol. The second kappa shape index (κ2) is 6.30. The molecule has 5 nitrogen and oxygen atoms in total. The lowest BCUT2D eigenvalue weighted by Crippen LogP contribution is -2.43. The minimum absolute atomic E-state index is 0.0855. The number of nitro groups is 1. The number of nitrogens with zero attached hydrogens (tertiary/aromatic N) is 1. The van der Waals surface area contributed by atoms with Crippen LogP contribution in [0.3, 0.4) is 0 Å². The lowest BCUT2D eigenvalue weighted by molar-refractivity contribution is -0.400. The number of hydrogen-bond donors (Lipinski definition) is 0. The Morgan fingerprint density at radius 2 is 1.86 bits per heavy atom. The lowest BCUT2D eigenvalue weighted by Gasteiger charge is -2.36. The Hall–Kier alpha value is -1.82. The number of methoxy groups -OCH3 is 1. The van der Waals surface area contributed by atoms with Crippen LogP contribution in [-0.2, 0) is 0 Å². The van der Waals surface area contributed by atoms with Crippen molar-refractivity contribution in [2.45, 2.75) is 38.9 Å². The first-order valence-electron chi connectivity index (χ1n) is 6.75. The Kier molecular flexibility index (Phi) is 5.17. The number of hydrogen-bond acceptors (Lipinski definition) is 4. The van der Waals surface area contributed by atoms with Gasteiger partial charge in [0.2, 0.25) is 6.20 Å². The Morgan fingerprint density at radius 3 is 2.33 bits per heavy atom. The molecule has 0 saturated heterocycles. The van der Waals surface area contributed by atoms with Crippen LogP contribution < -0.4 is 9.16 Å². The molecule has 0 aromatic heterocycles. The summed E-state index contributed by atoms with van der Waals surface area (Å²) in [6.07, 6.45) is 2.34. The second-order valence-corrected chi connectivity index (χ2v) is 11.1. The highest BCUT2D eigenvalue weighted by molar-refractivity contribution is 6.74. The number of ether oxygens (including phenoxy) is 1. The first-order chi connectivity index (χ1) is 9.56. The van der Waals surface area contributed by atoms with Gasteiger partial charge in [0.15, 0.2) is 5.75 Å². The third-order valence-electron chi connectivity index (χ3n) is 3.75. The largest absolute Gasteiger partial charge is 0.541 e. The molecule has 6 heteroatoms. The van der Waals surface area contributed by atoms with E-state index in [-0.39, 0.29) is 5.04 Å². The van der Waals surface area contributed by atoms with Crippen LogP contribution in [0.2, 0.25) is 18.1 Å². The van der Waals surface area contributed by atoms with Gasteiger partial charge in [0.25, 0.3) is 8.32 Å². The summed E-state index contributed by atoms with van der Waals surface area (Å²) in [7, 11) is -0.389. The molecule has 0 bridgehead atoms. The maximum absolute atomic E-state index is 10.4. The van der Waals surface area contributed by atoms with Crippen molar-refractivity contribution in [2.75, 3.05) is 7.11 Å². The van der Waals surface area contributed by atoms with Gasteiger partial charge < -0.3 is 9.16 Å². The SMILES string of the molecule is COc1cc(/C=C/[N+](=O)[O-])ccc1O[Si](C)(C)C(C)(C)C. The zero-order valence-corrected chi connectivity index (χ0v) is 14.5. The quantitative estimate of drug-likeness (QED) is 0.461. The summed E-state index contributed by atoms with van der Waals surface area (Å²) in [6.45, 7) is 10.8. The van der Waals surface area contributed by atoms with Crippen LogP contribution in [0, 0.1) is 10.1 Å². The van der Waals surface area contributed by atoms with E-state index in [9.17, 15) is 10.1 Å². The van der Waals surface area contributed by atoms with Crippen molar-refractivity contribution in [3.63, 3.8) is 0 Å². The summed E-state index contributed by atoms with van der Waals surface area (Å²) in [4.78, 5) is 9.87. The molecule has 0 unspecified atom stereocenters. The third-order valence-corrected chi connectivity index (χ3v) is 8.09. The lowest BCUT2D eigenvalue weighted by atomic mass is 10.2. The van der Waals surface area contributed by atoms with Crippen LogP contribution in [-0.4, -0.2) is 20.4 Å². The molecule has 21 heavy (non-hydrogen) atoms. The fraction of sp³-hybridized carbons (Fsp3) is 0.467. The molecule has 0 radical (unpaired) electrons. The van der Waals surface area contributed by atoms with Crippen LogP contribution in [0.5, 0.6) is 11.5 Å². The summed E-state index contributed by atoms with van der Waals surface area (Å²) in [5, 5.41) is 10.4. The van der Waals surface area contributed by atoms with E-state index in [2.05, 4.69) is 33.9 Å². The molecule has 0 aliphatic carbocycles. The Labute approximate surface area is 126 Å². The highest BCUT2D eigenvalue weighted by Gasteiger charge is 2.39. The average molecular weight is 309 g/mol. The van der Waals surface area contributed by atoms with Gasteiger partial charge in [0, 0.05) is 6.08 Å². The van der Waals surface area contributed by atoms with E-state index in [4.69, 9.17) is 9.16 Å². The molecule has 0 heterocycles. The van der Waals surface area contributed by atoms with Crippen LogP contribution in [0.4, 0.5) is 0 Å². The van der Waals surface area contributed by atoms with Crippen molar-refractivity contribution < 1.29 is 14.1 Å². The molecule has 0 atom stereocenters. The molecule has 0 aliphatic heterocycles. The number of rotatable bonds is 5. The molecule has 1 rings (SSSR count). The van der Waals surface area contributed by atoms with E-state index < -0.39 is 13.2 Å². The van der Waals surface area contributed by atoms with Gasteiger partial charge in [-0.05, 0) is 35.8 Å². The smallest absolute Gasteiger partial charge is 0.250 e. The highest BCUT2D eigenvalue weighted by Crippen LogP contribution is 2.40. The molecule has 1 aromatic rings. The van der Waals surface area contributed by atoms with Crippen molar-refractivity contribution in [1.29, 1.82) is 0 Å². The van der Waals surface area contributed by atoms with E-state index >= 15 is 0 Å². The van der Waals surface area contributed by atoms with E-state index in [1.165, 1.54) is 6.08 Å². The minimum atomic E-state index is -1.95. The van der Waals surface area contributed by atoms with E-state index in [1.807, 2.05) is 0 Å².